The summed E-state index contributed by atoms with van der Waals surface area (Å²) in [6, 6.07) is 3.52. The molecule has 2 spiro atoms. The number of aliphatic hydroxyl groups excluding tert-OH is 3. The van der Waals surface area contributed by atoms with Gasteiger partial charge in [0.15, 0.2) is 5.67 Å². The minimum absolute atomic E-state index is 0.0556. The highest BCUT2D eigenvalue weighted by molar-refractivity contribution is 5.57. The molecule has 1 saturated carbocycles. The number of aliphatic hydroxyl groups is 3. The third-order valence-electron chi connectivity index (χ3n) is 10.3. The van der Waals surface area contributed by atoms with Crippen molar-refractivity contribution in [3.63, 3.8) is 0 Å². The zero-order chi connectivity index (χ0) is 25.7. The van der Waals surface area contributed by atoms with Gasteiger partial charge in [0.1, 0.15) is 17.8 Å². The Labute approximate surface area is 212 Å². The Bertz CT molecular complexity index is 1180. The van der Waals surface area contributed by atoms with Crippen molar-refractivity contribution in [1.29, 1.82) is 0 Å². The quantitative estimate of drug-likeness (QED) is 0.558. The molecule has 0 radical (unpaired) electrons. The second-order valence-electron chi connectivity index (χ2n) is 12.1. The van der Waals surface area contributed by atoms with E-state index < -0.39 is 41.2 Å². The summed E-state index contributed by atoms with van der Waals surface area (Å²) >= 11 is 0. The number of alkyl halides is 1. The number of aromatic nitrogens is 1. The van der Waals surface area contributed by atoms with Gasteiger partial charge in [-0.05, 0) is 75.9 Å². The van der Waals surface area contributed by atoms with Crippen LogP contribution in [0.2, 0.25) is 0 Å². The maximum Gasteiger partial charge on any atom is 0.197 e. The molecule has 5 aliphatic rings. The Balaban J connectivity index is 1.39. The fraction of sp³-hybridized carbons (Fsp3) is 0.621. The average Bonchev–Trinajstić information content (AvgIpc) is 3.37. The van der Waals surface area contributed by atoms with E-state index in [0.29, 0.717) is 24.8 Å². The Hall–Kier alpha value is -1.90. The van der Waals surface area contributed by atoms with Crippen LogP contribution in [0.4, 0.5) is 4.39 Å². The van der Waals surface area contributed by atoms with E-state index in [1.54, 1.807) is 6.20 Å². The highest BCUT2D eigenvalue weighted by Crippen LogP contribution is 2.70. The maximum atomic E-state index is 16.9. The van der Waals surface area contributed by atoms with Crippen molar-refractivity contribution < 1.29 is 24.4 Å². The molecule has 1 aromatic rings. The van der Waals surface area contributed by atoms with E-state index in [4.69, 9.17) is 4.74 Å². The van der Waals surface area contributed by atoms with E-state index in [2.05, 4.69) is 36.2 Å². The monoisotopic (exact) mass is 496 g/mol. The van der Waals surface area contributed by atoms with Crippen LogP contribution in [0.5, 0.6) is 0 Å². The summed E-state index contributed by atoms with van der Waals surface area (Å²) < 4.78 is 23.8. The van der Waals surface area contributed by atoms with Crippen molar-refractivity contribution in [2.45, 2.75) is 87.2 Å². The number of aryl methyl sites for hydroxylation is 1. The molecule has 6 nitrogen and oxygen atoms in total. The summed E-state index contributed by atoms with van der Waals surface area (Å²) in [7, 11) is 3.64. The van der Waals surface area contributed by atoms with Crippen molar-refractivity contribution in [1.82, 2.24) is 9.88 Å². The molecular weight excluding hydrogens is 459 g/mol. The van der Waals surface area contributed by atoms with Gasteiger partial charge in [0.2, 0.25) is 0 Å². The highest BCUT2D eigenvalue weighted by atomic mass is 19.1. The number of ether oxygens (including phenoxy) is 1. The molecule has 9 atom stereocenters. The predicted octanol–water partition coefficient (Wildman–Crippen LogP) is 3.11. The van der Waals surface area contributed by atoms with Gasteiger partial charge in [0.25, 0.3) is 0 Å². The lowest BCUT2D eigenvalue weighted by Gasteiger charge is -2.62. The highest BCUT2D eigenvalue weighted by Gasteiger charge is 2.79. The molecule has 3 unspecified atom stereocenters. The Morgan fingerprint density at radius 2 is 1.94 bits per heavy atom. The standard InChI is InChI=1S/C29H37FN2O4/c1-17-18(6-5-15-31-17)7-8-19-9-10-22-26(19,2)12-11-20-24(34)29(30)25(35)23(33)21(32(3)4)16-27(29)13-14-28(20,22)36-27/h5-9,11,15,21-25,33-35H,10,12-14,16H2,1-4H3/b8-7+/t21-,22?,23+,24?,25-,26+,27+,28+,29?/m0/s1. The van der Waals surface area contributed by atoms with Gasteiger partial charge < -0.3 is 25.0 Å². The van der Waals surface area contributed by atoms with Crippen molar-refractivity contribution >= 4 is 6.08 Å². The van der Waals surface area contributed by atoms with E-state index in [1.807, 2.05) is 38.1 Å². The first-order chi connectivity index (χ1) is 17.0. The van der Waals surface area contributed by atoms with E-state index in [-0.39, 0.29) is 17.8 Å². The first kappa shape index (κ1) is 24.4. The van der Waals surface area contributed by atoms with Crippen LogP contribution in [0.25, 0.3) is 6.08 Å². The smallest absolute Gasteiger partial charge is 0.197 e. The normalized spacial score (nSPS) is 47.4. The summed E-state index contributed by atoms with van der Waals surface area (Å²) in [5, 5.41) is 33.4. The number of pyridine rings is 1. The van der Waals surface area contributed by atoms with Crippen LogP contribution in [-0.4, -0.2) is 80.5 Å². The Kier molecular flexibility index (Phi) is 5.30. The number of likely N-dealkylation sites (N-methyl/N-ethyl adjacent to an activating group) is 1. The summed E-state index contributed by atoms with van der Waals surface area (Å²) in [4.78, 5) is 6.20. The summed E-state index contributed by atoms with van der Waals surface area (Å²) in [5.74, 6) is 0.0556. The van der Waals surface area contributed by atoms with E-state index in [1.165, 1.54) is 5.57 Å². The van der Waals surface area contributed by atoms with Crippen LogP contribution in [0, 0.1) is 18.3 Å². The number of halogens is 1. The molecule has 3 heterocycles. The molecule has 1 aromatic heterocycles. The van der Waals surface area contributed by atoms with Gasteiger partial charge in [-0.25, -0.2) is 4.39 Å². The molecule has 0 aromatic carbocycles. The number of rotatable bonds is 3. The zero-order valence-corrected chi connectivity index (χ0v) is 21.5. The fourth-order valence-electron chi connectivity index (χ4n) is 8.22. The summed E-state index contributed by atoms with van der Waals surface area (Å²) in [6.45, 7) is 4.25. The maximum absolute atomic E-state index is 16.9. The van der Waals surface area contributed by atoms with Gasteiger partial charge >= 0.3 is 0 Å². The lowest BCUT2D eigenvalue weighted by molar-refractivity contribution is -0.309. The molecule has 36 heavy (non-hydrogen) atoms. The van der Waals surface area contributed by atoms with Crippen molar-refractivity contribution in [2.24, 2.45) is 11.3 Å². The van der Waals surface area contributed by atoms with Crippen molar-refractivity contribution in [2.75, 3.05) is 14.1 Å². The molecule has 3 N–H and O–H groups in total. The molecular formula is C29H37FN2O4. The minimum Gasteiger partial charge on any atom is -0.389 e. The minimum atomic E-state index is -2.45. The summed E-state index contributed by atoms with van der Waals surface area (Å²) in [6.07, 6.45) is 8.40. The van der Waals surface area contributed by atoms with Crippen molar-refractivity contribution in [3.8, 4) is 0 Å². The molecule has 2 aliphatic heterocycles. The van der Waals surface area contributed by atoms with Crippen LogP contribution in [0.1, 0.15) is 50.3 Å². The Morgan fingerprint density at radius 3 is 2.67 bits per heavy atom. The van der Waals surface area contributed by atoms with Crippen LogP contribution >= 0.6 is 0 Å². The number of fused-ring (bicyclic) bond motifs is 1. The number of nitrogens with zero attached hydrogens (tertiary/aromatic N) is 2. The van der Waals surface area contributed by atoms with Gasteiger partial charge in [-0.3, -0.25) is 4.98 Å². The number of allylic oxidation sites excluding steroid dienone is 4. The molecule has 194 valence electrons. The van der Waals surface area contributed by atoms with E-state index in [0.717, 1.165) is 17.7 Å². The largest absolute Gasteiger partial charge is 0.389 e. The van der Waals surface area contributed by atoms with Crippen molar-refractivity contribution in [3.05, 3.63) is 59.0 Å². The van der Waals surface area contributed by atoms with Crippen LogP contribution < -0.4 is 0 Å². The third-order valence-corrected chi connectivity index (χ3v) is 10.3. The lowest BCUT2D eigenvalue weighted by atomic mass is 9.56. The fourth-order valence-corrected chi connectivity index (χ4v) is 8.22. The summed E-state index contributed by atoms with van der Waals surface area (Å²) in [5.41, 5.74) is -0.970. The molecule has 2 saturated heterocycles. The van der Waals surface area contributed by atoms with Gasteiger partial charge in [0, 0.05) is 29.3 Å². The van der Waals surface area contributed by atoms with Gasteiger partial charge in [-0.15, -0.1) is 0 Å². The second-order valence-corrected chi connectivity index (χ2v) is 12.1. The van der Waals surface area contributed by atoms with Gasteiger partial charge in [-0.2, -0.15) is 0 Å². The average molecular weight is 497 g/mol. The molecule has 0 amide bonds. The molecule has 2 bridgehead atoms. The van der Waals surface area contributed by atoms with Crippen LogP contribution in [-0.2, 0) is 4.74 Å². The van der Waals surface area contributed by atoms with Crippen LogP contribution in [0.3, 0.4) is 0 Å². The SMILES string of the molecule is Cc1ncccc1/C=C/C1=CCC2[C@]1(C)CC=C1C(O)C3(F)[C@@H](O)[C@H](O)[C@@H](N(C)C)C[C@]34CC[C@@]12O4. The second kappa shape index (κ2) is 7.81. The van der Waals surface area contributed by atoms with Crippen LogP contribution in [0.15, 0.2) is 47.7 Å². The lowest BCUT2D eigenvalue weighted by Crippen LogP contribution is -2.78. The number of hydrogen-bond donors (Lipinski definition) is 3. The molecule has 3 aliphatic carbocycles. The Morgan fingerprint density at radius 1 is 1.17 bits per heavy atom. The van der Waals surface area contributed by atoms with E-state index in [9.17, 15) is 15.3 Å². The van der Waals surface area contributed by atoms with Gasteiger partial charge in [-0.1, -0.05) is 37.3 Å². The first-order valence-corrected chi connectivity index (χ1v) is 13.1. The third kappa shape index (κ3) is 2.86. The zero-order valence-electron chi connectivity index (χ0n) is 21.5. The van der Waals surface area contributed by atoms with Gasteiger partial charge in [0.05, 0.1) is 11.7 Å². The number of hydrogen-bond acceptors (Lipinski definition) is 6. The molecule has 3 fully saturated rings. The first-order valence-electron chi connectivity index (χ1n) is 13.1. The predicted molar refractivity (Wildman–Crippen MR) is 135 cm³/mol. The van der Waals surface area contributed by atoms with E-state index >= 15 is 4.39 Å². The molecule has 6 rings (SSSR count). The topological polar surface area (TPSA) is 86.1 Å². The molecule has 7 heteroatoms.